The summed E-state index contributed by atoms with van der Waals surface area (Å²) in [4.78, 5) is 0. The second kappa shape index (κ2) is 7.59. The first-order valence-electron chi connectivity index (χ1n) is 6.86. The Bertz CT molecular complexity index is 569. The van der Waals surface area contributed by atoms with Crippen LogP contribution in [0.2, 0.25) is 0 Å². The molecule has 0 spiro atoms. The van der Waals surface area contributed by atoms with Crippen LogP contribution in [0.5, 0.6) is 5.75 Å². The van der Waals surface area contributed by atoms with E-state index in [1.54, 1.807) is 7.11 Å². The molecule has 0 saturated carbocycles. The number of ether oxygens (including phenoxy) is 2. The van der Waals surface area contributed by atoms with Crippen LogP contribution < -0.4 is 10.5 Å². The lowest BCUT2D eigenvalue weighted by molar-refractivity contribution is 0.0254. The van der Waals surface area contributed by atoms with Gasteiger partial charge in [0, 0.05) is 10.5 Å². The van der Waals surface area contributed by atoms with Crippen molar-refractivity contribution < 1.29 is 9.47 Å². The number of nitrogens with two attached hydrogens (primary N) is 1. The summed E-state index contributed by atoms with van der Waals surface area (Å²) >= 11 is 3.56. The zero-order valence-electron chi connectivity index (χ0n) is 12.3. The number of benzene rings is 2. The zero-order chi connectivity index (χ0) is 15.2. The van der Waals surface area contributed by atoms with Crippen LogP contribution in [-0.4, -0.2) is 13.2 Å². The van der Waals surface area contributed by atoms with Gasteiger partial charge >= 0.3 is 0 Å². The third-order valence-electron chi connectivity index (χ3n) is 3.28. The highest BCUT2D eigenvalue weighted by Crippen LogP contribution is 2.28. The minimum atomic E-state index is -0.150. The van der Waals surface area contributed by atoms with Crippen molar-refractivity contribution in [1.29, 1.82) is 0 Å². The van der Waals surface area contributed by atoms with Gasteiger partial charge in [0.15, 0.2) is 0 Å². The van der Waals surface area contributed by atoms with Crippen LogP contribution in [0, 0.1) is 0 Å². The molecule has 0 heterocycles. The molecule has 112 valence electrons. The monoisotopic (exact) mass is 349 g/mol. The Morgan fingerprint density at radius 2 is 1.76 bits per heavy atom. The summed E-state index contributed by atoms with van der Waals surface area (Å²) in [7, 11) is 1.66. The van der Waals surface area contributed by atoms with Crippen LogP contribution in [0.25, 0.3) is 0 Å². The first-order valence-corrected chi connectivity index (χ1v) is 7.65. The van der Waals surface area contributed by atoms with Crippen LogP contribution >= 0.6 is 15.9 Å². The SMILES string of the molecule is COc1ccc(COC(c2ccccc2Br)C(C)N)cc1. The quantitative estimate of drug-likeness (QED) is 0.854. The lowest BCUT2D eigenvalue weighted by Gasteiger charge is -2.23. The van der Waals surface area contributed by atoms with Crippen molar-refractivity contribution in [2.75, 3.05) is 7.11 Å². The molecular formula is C17H20BrNO2. The van der Waals surface area contributed by atoms with Gasteiger partial charge in [0.25, 0.3) is 0 Å². The van der Waals surface area contributed by atoms with Gasteiger partial charge in [-0.3, -0.25) is 0 Å². The number of halogens is 1. The van der Waals surface area contributed by atoms with Gasteiger partial charge < -0.3 is 15.2 Å². The van der Waals surface area contributed by atoms with E-state index in [0.29, 0.717) is 6.61 Å². The molecule has 0 aromatic heterocycles. The number of rotatable bonds is 6. The van der Waals surface area contributed by atoms with Crippen LogP contribution in [0.1, 0.15) is 24.2 Å². The molecule has 2 rings (SSSR count). The summed E-state index contributed by atoms with van der Waals surface area (Å²) in [6, 6.07) is 15.8. The minimum absolute atomic E-state index is 0.0954. The van der Waals surface area contributed by atoms with E-state index in [1.165, 1.54) is 0 Å². The summed E-state index contributed by atoms with van der Waals surface area (Å²) in [6.07, 6.45) is -0.150. The number of hydrogen-bond donors (Lipinski definition) is 1. The van der Waals surface area contributed by atoms with Crippen molar-refractivity contribution in [3.05, 3.63) is 64.1 Å². The van der Waals surface area contributed by atoms with E-state index in [9.17, 15) is 0 Å². The van der Waals surface area contributed by atoms with Crippen molar-refractivity contribution in [1.82, 2.24) is 0 Å². The summed E-state index contributed by atoms with van der Waals surface area (Å²) in [5, 5.41) is 0. The Morgan fingerprint density at radius 3 is 2.33 bits per heavy atom. The zero-order valence-corrected chi connectivity index (χ0v) is 13.8. The summed E-state index contributed by atoms with van der Waals surface area (Å²) in [6.45, 7) is 2.47. The van der Waals surface area contributed by atoms with Crippen molar-refractivity contribution in [2.24, 2.45) is 5.73 Å². The Kier molecular flexibility index (Phi) is 5.79. The summed E-state index contributed by atoms with van der Waals surface area (Å²) < 4.78 is 12.2. The molecule has 0 aliphatic heterocycles. The summed E-state index contributed by atoms with van der Waals surface area (Å²) in [5.41, 5.74) is 8.24. The van der Waals surface area contributed by atoms with E-state index in [-0.39, 0.29) is 12.1 Å². The van der Waals surface area contributed by atoms with Gasteiger partial charge in [-0.15, -0.1) is 0 Å². The first kappa shape index (κ1) is 16.0. The molecule has 21 heavy (non-hydrogen) atoms. The molecule has 4 heteroatoms. The van der Waals surface area contributed by atoms with Crippen molar-refractivity contribution in [3.8, 4) is 5.75 Å². The highest BCUT2D eigenvalue weighted by molar-refractivity contribution is 9.10. The third kappa shape index (κ3) is 4.30. The first-order chi connectivity index (χ1) is 10.1. The van der Waals surface area contributed by atoms with Crippen molar-refractivity contribution >= 4 is 15.9 Å². The number of methoxy groups -OCH3 is 1. The molecular weight excluding hydrogens is 330 g/mol. The van der Waals surface area contributed by atoms with Crippen LogP contribution in [0.3, 0.4) is 0 Å². The molecule has 0 bridgehead atoms. The molecule has 2 aromatic rings. The maximum Gasteiger partial charge on any atom is 0.118 e. The predicted octanol–water partition coefficient (Wildman–Crippen LogP) is 4.06. The standard InChI is InChI=1S/C17H20BrNO2/c1-12(19)17(15-5-3-4-6-16(15)18)21-11-13-7-9-14(20-2)10-8-13/h3-10,12,17H,11,19H2,1-2H3. The molecule has 0 fully saturated rings. The van der Waals surface area contributed by atoms with E-state index in [1.807, 2.05) is 55.5 Å². The second-order valence-electron chi connectivity index (χ2n) is 4.96. The third-order valence-corrected chi connectivity index (χ3v) is 4.00. The smallest absolute Gasteiger partial charge is 0.118 e. The minimum Gasteiger partial charge on any atom is -0.497 e. The lowest BCUT2D eigenvalue weighted by atomic mass is 10.0. The van der Waals surface area contributed by atoms with Crippen molar-refractivity contribution in [2.45, 2.75) is 25.7 Å². The fourth-order valence-electron chi connectivity index (χ4n) is 2.14. The second-order valence-corrected chi connectivity index (χ2v) is 5.81. The predicted molar refractivity (Wildman–Crippen MR) is 88.3 cm³/mol. The van der Waals surface area contributed by atoms with Gasteiger partial charge in [0.2, 0.25) is 0 Å². The molecule has 3 nitrogen and oxygen atoms in total. The van der Waals surface area contributed by atoms with Crippen LogP contribution in [0.4, 0.5) is 0 Å². The number of hydrogen-bond acceptors (Lipinski definition) is 3. The largest absolute Gasteiger partial charge is 0.497 e. The molecule has 0 aliphatic carbocycles. The normalized spacial score (nSPS) is 13.7. The molecule has 0 amide bonds. The van der Waals surface area contributed by atoms with Gasteiger partial charge in [-0.05, 0) is 36.2 Å². The van der Waals surface area contributed by atoms with Crippen LogP contribution in [0.15, 0.2) is 53.0 Å². The summed E-state index contributed by atoms with van der Waals surface area (Å²) in [5.74, 6) is 0.841. The van der Waals surface area contributed by atoms with Gasteiger partial charge in [0.1, 0.15) is 5.75 Å². The van der Waals surface area contributed by atoms with Gasteiger partial charge in [-0.25, -0.2) is 0 Å². The van der Waals surface area contributed by atoms with Gasteiger partial charge in [0.05, 0.1) is 19.8 Å². The molecule has 2 atom stereocenters. The molecule has 2 aromatic carbocycles. The molecule has 0 radical (unpaired) electrons. The average molecular weight is 350 g/mol. The maximum absolute atomic E-state index is 6.08. The Hall–Kier alpha value is -1.36. The average Bonchev–Trinajstić information content (AvgIpc) is 2.49. The maximum atomic E-state index is 6.08. The fraction of sp³-hybridized carbons (Fsp3) is 0.294. The van der Waals surface area contributed by atoms with Crippen LogP contribution in [-0.2, 0) is 11.3 Å². The highest BCUT2D eigenvalue weighted by atomic mass is 79.9. The fourth-order valence-corrected chi connectivity index (χ4v) is 2.65. The van der Waals surface area contributed by atoms with E-state index in [0.717, 1.165) is 21.3 Å². The van der Waals surface area contributed by atoms with Gasteiger partial charge in [-0.1, -0.05) is 46.3 Å². The van der Waals surface area contributed by atoms with Crippen molar-refractivity contribution in [3.63, 3.8) is 0 Å². The molecule has 0 saturated heterocycles. The molecule has 2 unspecified atom stereocenters. The Morgan fingerprint density at radius 1 is 1.10 bits per heavy atom. The van der Waals surface area contributed by atoms with Gasteiger partial charge in [-0.2, -0.15) is 0 Å². The molecule has 2 N–H and O–H groups in total. The van der Waals surface area contributed by atoms with E-state index in [4.69, 9.17) is 15.2 Å². The topological polar surface area (TPSA) is 44.5 Å². The van der Waals surface area contributed by atoms with E-state index < -0.39 is 0 Å². The lowest BCUT2D eigenvalue weighted by Crippen LogP contribution is -2.27. The highest BCUT2D eigenvalue weighted by Gasteiger charge is 2.19. The van der Waals surface area contributed by atoms with E-state index in [2.05, 4.69) is 15.9 Å². The Balaban J connectivity index is 2.08. The molecule has 0 aliphatic rings. The van der Waals surface area contributed by atoms with E-state index >= 15 is 0 Å². The Labute approximate surface area is 134 Å².